The third kappa shape index (κ3) is 2.14. The number of para-hydroxylation sites is 2. The van der Waals surface area contributed by atoms with Crippen molar-refractivity contribution in [1.82, 2.24) is 5.32 Å². The second-order valence-electron chi connectivity index (χ2n) is 6.19. The Morgan fingerprint density at radius 3 is 2.14 bits per heavy atom. The smallest absolute Gasteiger partial charge is 0.130 e. The lowest BCUT2D eigenvalue weighted by Crippen LogP contribution is -2.33. The third-order valence-electron chi connectivity index (χ3n) is 5.12. The molecule has 2 aliphatic rings. The first kappa shape index (κ1) is 12.9. The van der Waals surface area contributed by atoms with Crippen LogP contribution in [0.25, 0.3) is 0 Å². The van der Waals surface area contributed by atoms with Crippen LogP contribution in [0.4, 0.5) is 0 Å². The molecular formula is C19H21NO. The van der Waals surface area contributed by atoms with Crippen LogP contribution >= 0.6 is 0 Å². The summed E-state index contributed by atoms with van der Waals surface area (Å²) in [6.45, 7) is 0. The van der Waals surface area contributed by atoms with Gasteiger partial charge in [0.1, 0.15) is 11.5 Å². The number of rotatable bonds is 1. The summed E-state index contributed by atoms with van der Waals surface area (Å²) in [5, 5.41) is 3.47. The van der Waals surface area contributed by atoms with Gasteiger partial charge in [-0.1, -0.05) is 36.4 Å². The van der Waals surface area contributed by atoms with Crippen molar-refractivity contribution >= 4 is 0 Å². The van der Waals surface area contributed by atoms with E-state index in [-0.39, 0.29) is 0 Å². The van der Waals surface area contributed by atoms with Crippen LogP contribution in [0.3, 0.4) is 0 Å². The number of fused-ring (bicyclic) bond motifs is 5. The highest BCUT2D eigenvalue weighted by Crippen LogP contribution is 2.52. The topological polar surface area (TPSA) is 21.3 Å². The van der Waals surface area contributed by atoms with E-state index in [9.17, 15) is 0 Å². The maximum atomic E-state index is 6.24. The highest BCUT2D eigenvalue weighted by atomic mass is 16.5. The molecule has 0 spiro atoms. The molecule has 1 aliphatic carbocycles. The van der Waals surface area contributed by atoms with Gasteiger partial charge in [-0.05, 0) is 61.4 Å². The Balaban J connectivity index is 1.86. The molecule has 2 nitrogen and oxygen atoms in total. The van der Waals surface area contributed by atoms with Gasteiger partial charge in [0.25, 0.3) is 0 Å². The van der Waals surface area contributed by atoms with Gasteiger partial charge in [-0.3, -0.25) is 0 Å². The maximum absolute atomic E-state index is 6.24. The van der Waals surface area contributed by atoms with Crippen LogP contribution in [0.1, 0.15) is 42.2 Å². The predicted octanol–water partition coefficient (Wildman–Crippen LogP) is 4.43. The Bertz CT molecular complexity index is 652. The predicted molar refractivity (Wildman–Crippen MR) is 85.1 cm³/mol. The molecule has 1 aliphatic heterocycles. The Labute approximate surface area is 126 Å². The van der Waals surface area contributed by atoms with Crippen molar-refractivity contribution < 1.29 is 4.74 Å². The molecule has 2 heteroatoms. The van der Waals surface area contributed by atoms with Gasteiger partial charge in [0.2, 0.25) is 0 Å². The van der Waals surface area contributed by atoms with E-state index < -0.39 is 0 Å². The Morgan fingerprint density at radius 1 is 0.857 bits per heavy atom. The van der Waals surface area contributed by atoms with Crippen molar-refractivity contribution in [3.8, 4) is 11.5 Å². The fraction of sp³-hybridized carbons (Fsp3) is 0.368. The van der Waals surface area contributed by atoms with Crippen molar-refractivity contribution in [2.45, 2.75) is 37.1 Å². The summed E-state index contributed by atoms with van der Waals surface area (Å²) in [6, 6.07) is 17.7. The average Bonchev–Trinajstić information content (AvgIpc) is 2.69. The Kier molecular flexibility index (Phi) is 3.19. The van der Waals surface area contributed by atoms with E-state index >= 15 is 0 Å². The summed E-state index contributed by atoms with van der Waals surface area (Å²) >= 11 is 0. The molecule has 2 aromatic carbocycles. The number of ether oxygens (including phenoxy) is 1. The van der Waals surface area contributed by atoms with Gasteiger partial charge in [-0.15, -0.1) is 0 Å². The molecule has 0 radical (unpaired) electrons. The molecule has 3 unspecified atom stereocenters. The lowest BCUT2D eigenvalue weighted by atomic mass is 9.70. The van der Waals surface area contributed by atoms with E-state index in [2.05, 4.69) is 60.9 Å². The van der Waals surface area contributed by atoms with Crippen LogP contribution in [0.5, 0.6) is 11.5 Å². The summed E-state index contributed by atoms with van der Waals surface area (Å²) in [7, 11) is 2.08. The van der Waals surface area contributed by atoms with Crippen molar-refractivity contribution in [1.29, 1.82) is 0 Å². The maximum Gasteiger partial charge on any atom is 0.130 e. The molecular weight excluding hydrogens is 258 g/mol. The number of hydrogen-bond donors (Lipinski definition) is 1. The van der Waals surface area contributed by atoms with Crippen LogP contribution in [0, 0.1) is 0 Å². The Morgan fingerprint density at radius 2 is 1.48 bits per heavy atom. The molecule has 108 valence electrons. The van der Waals surface area contributed by atoms with Crippen molar-refractivity contribution in [2.75, 3.05) is 7.05 Å². The number of hydrogen-bond acceptors (Lipinski definition) is 2. The van der Waals surface area contributed by atoms with Crippen molar-refractivity contribution in [2.24, 2.45) is 0 Å². The standard InChI is InChI=1S/C19H21NO/c1-20-13-10-11-14-15-6-2-4-8-18(15)21-19-9-5-3-7-16(19)17(14)12-13/h2-9,13-14,17,20H,10-12H2,1H3. The zero-order chi connectivity index (χ0) is 14.2. The van der Waals surface area contributed by atoms with Gasteiger partial charge >= 0.3 is 0 Å². The van der Waals surface area contributed by atoms with E-state index in [0.717, 1.165) is 11.5 Å². The molecule has 1 fully saturated rings. The number of nitrogens with one attached hydrogen (secondary N) is 1. The van der Waals surface area contributed by atoms with Crippen LogP contribution in [-0.2, 0) is 0 Å². The highest BCUT2D eigenvalue weighted by Gasteiger charge is 2.36. The SMILES string of the molecule is CNC1CCC2c3ccccc3Oc3ccccc3C2C1. The molecule has 4 rings (SSSR count). The quantitative estimate of drug-likeness (QED) is 0.833. The average molecular weight is 279 g/mol. The van der Waals surface area contributed by atoms with E-state index in [1.54, 1.807) is 0 Å². The first-order valence-electron chi connectivity index (χ1n) is 7.90. The van der Waals surface area contributed by atoms with Gasteiger partial charge in [-0.2, -0.15) is 0 Å². The third-order valence-corrected chi connectivity index (χ3v) is 5.12. The summed E-state index contributed by atoms with van der Waals surface area (Å²) in [4.78, 5) is 0. The normalized spacial score (nSPS) is 26.8. The minimum absolute atomic E-state index is 0.552. The van der Waals surface area contributed by atoms with Gasteiger partial charge < -0.3 is 10.1 Å². The zero-order valence-electron chi connectivity index (χ0n) is 12.4. The van der Waals surface area contributed by atoms with Crippen LogP contribution in [-0.4, -0.2) is 13.1 Å². The molecule has 3 atom stereocenters. The van der Waals surface area contributed by atoms with Gasteiger partial charge in [-0.25, -0.2) is 0 Å². The monoisotopic (exact) mass is 279 g/mol. The first-order chi connectivity index (χ1) is 10.4. The molecule has 0 bridgehead atoms. The Hall–Kier alpha value is -1.80. The summed E-state index contributed by atoms with van der Waals surface area (Å²) in [5.41, 5.74) is 2.76. The van der Waals surface area contributed by atoms with E-state index in [1.807, 2.05) is 0 Å². The fourth-order valence-electron chi connectivity index (χ4n) is 4.03. The van der Waals surface area contributed by atoms with Gasteiger partial charge in [0.05, 0.1) is 0 Å². The molecule has 1 saturated carbocycles. The van der Waals surface area contributed by atoms with Crippen molar-refractivity contribution in [3.63, 3.8) is 0 Å². The fourth-order valence-corrected chi connectivity index (χ4v) is 4.03. The lowest BCUT2D eigenvalue weighted by Gasteiger charge is -2.35. The molecule has 0 amide bonds. The van der Waals surface area contributed by atoms with Gasteiger partial charge in [0.15, 0.2) is 0 Å². The zero-order valence-corrected chi connectivity index (χ0v) is 12.4. The molecule has 0 aromatic heterocycles. The minimum atomic E-state index is 0.552. The molecule has 21 heavy (non-hydrogen) atoms. The molecule has 2 aromatic rings. The molecule has 0 saturated heterocycles. The van der Waals surface area contributed by atoms with Crippen LogP contribution < -0.4 is 10.1 Å². The first-order valence-corrected chi connectivity index (χ1v) is 7.90. The van der Waals surface area contributed by atoms with Gasteiger partial charge in [0, 0.05) is 6.04 Å². The second kappa shape index (κ2) is 5.19. The largest absolute Gasteiger partial charge is 0.457 e. The van der Waals surface area contributed by atoms with E-state index in [4.69, 9.17) is 4.74 Å². The number of benzene rings is 2. The van der Waals surface area contributed by atoms with Crippen LogP contribution in [0.15, 0.2) is 48.5 Å². The summed E-state index contributed by atoms with van der Waals surface area (Å²) < 4.78 is 6.24. The summed E-state index contributed by atoms with van der Waals surface area (Å²) in [6.07, 6.45) is 3.66. The second-order valence-corrected chi connectivity index (χ2v) is 6.19. The molecule has 1 heterocycles. The summed E-state index contributed by atoms with van der Waals surface area (Å²) in [5.74, 6) is 3.21. The van der Waals surface area contributed by atoms with E-state index in [1.165, 1.54) is 30.4 Å². The highest BCUT2D eigenvalue weighted by molar-refractivity contribution is 5.49. The lowest BCUT2D eigenvalue weighted by molar-refractivity contribution is 0.319. The minimum Gasteiger partial charge on any atom is -0.457 e. The van der Waals surface area contributed by atoms with Crippen LogP contribution in [0.2, 0.25) is 0 Å². The van der Waals surface area contributed by atoms with Crippen molar-refractivity contribution in [3.05, 3.63) is 59.7 Å². The molecule has 1 N–H and O–H groups in total. The van der Waals surface area contributed by atoms with E-state index in [0.29, 0.717) is 17.9 Å².